The molecule has 1 saturated carbocycles. The average molecular weight is 458 g/mol. The highest BCUT2D eigenvalue weighted by atomic mass is 35.5. The van der Waals surface area contributed by atoms with E-state index in [-0.39, 0.29) is 23.8 Å². The van der Waals surface area contributed by atoms with Gasteiger partial charge in [0, 0.05) is 45.1 Å². The summed E-state index contributed by atoms with van der Waals surface area (Å²) in [6.07, 6.45) is 3.59. The number of rotatable bonds is 5. The van der Waals surface area contributed by atoms with Crippen LogP contribution in [0.4, 0.5) is 0 Å². The van der Waals surface area contributed by atoms with Gasteiger partial charge in [0.1, 0.15) is 11.5 Å². The summed E-state index contributed by atoms with van der Waals surface area (Å²) in [4.78, 5) is 13.2. The highest BCUT2D eigenvalue weighted by molar-refractivity contribution is 6.34. The predicted molar refractivity (Wildman–Crippen MR) is 126 cm³/mol. The quantitative estimate of drug-likeness (QED) is 0.338. The molecule has 0 atom stereocenters. The van der Waals surface area contributed by atoms with Crippen molar-refractivity contribution in [3.8, 4) is 0 Å². The molecule has 2 aromatic carbocycles. The fourth-order valence-electron chi connectivity index (χ4n) is 4.19. The minimum atomic E-state index is -0.130. The first-order chi connectivity index (χ1) is 14.8. The average Bonchev–Trinajstić information content (AvgIpc) is 3.06. The maximum Gasteiger partial charge on any atom is 0.268 e. The zero-order chi connectivity index (χ0) is 22.1. The molecule has 162 valence electrons. The van der Waals surface area contributed by atoms with E-state index in [2.05, 4.69) is 5.32 Å². The van der Waals surface area contributed by atoms with Crippen molar-refractivity contribution in [2.45, 2.75) is 44.3 Å². The first-order valence-electron chi connectivity index (χ1n) is 10.3. The molecule has 0 unspecified atom stereocenters. The highest BCUT2D eigenvalue weighted by Crippen LogP contribution is 2.26. The van der Waals surface area contributed by atoms with E-state index in [0.717, 1.165) is 42.1 Å². The Morgan fingerprint density at radius 1 is 1.06 bits per heavy atom. The number of halogens is 2. The molecular formula is C23H25Cl2N5O. The first kappa shape index (κ1) is 21.7. The summed E-state index contributed by atoms with van der Waals surface area (Å²) in [5.74, 6) is -0.154. The minimum Gasteiger partial charge on any atom is -0.384 e. The van der Waals surface area contributed by atoms with E-state index in [1.165, 1.54) is 0 Å². The Morgan fingerprint density at radius 3 is 2.39 bits per heavy atom. The van der Waals surface area contributed by atoms with E-state index < -0.39 is 0 Å². The molecule has 4 rings (SSSR count). The molecule has 0 spiro atoms. The summed E-state index contributed by atoms with van der Waals surface area (Å²) in [5.41, 5.74) is 14.5. The molecule has 6 N–H and O–H groups in total. The van der Waals surface area contributed by atoms with Gasteiger partial charge < -0.3 is 21.4 Å². The van der Waals surface area contributed by atoms with Crippen LogP contribution >= 0.6 is 23.2 Å². The van der Waals surface area contributed by atoms with E-state index in [1.807, 2.05) is 34.9 Å². The molecule has 0 bridgehead atoms. The van der Waals surface area contributed by atoms with Gasteiger partial charge >= 0.3 is 0 Å². The molecule has 1 fully saturated rings. The molecule has 8 heteroatoms. The number of hydrogen-bond acceptors (Lipinski definition) is 3. The van der Waals surface area contributed by atoms with Gasteiger partial charge in [-0.15, -0.1) is 0 Å². The minimum absolute atomic E-state index is 0.0232. The summed E-state index contributed by atoms with van der Waals surface area (Å²) in [6.45, 7) is 0.406. The van der Waals surface area contributed by atoms with Crippen molar-refractivity contribution in [1.82, 2.24) is 9.88 Å². The van der Waals surface area contributed by atoms with Crippen LogP contribution in [0.2, 0.25) is 10.0 Å². The second-order valence-corrected chi connectivity index (χ2v) is 9.04. The maximum absolute atomic E-state index is 13.2. The third-order valence-corrected chi connectivity index (χ3v) is 6.25. The Morgan fingerprint density at radius 2 is 1.74 bits per heavy atom. The molecular weight excluding hydrogens is 433 g/mol. The fourth-order valence-corrected chi connectivity index (χ4v) is 4.76. The number of hydrogen-bond donors (Lipinski definition) is 4. The number of fused-ring (bicyclic) bond motifs is 1. The van der Waals surface area contributed by atoms with Crippen LogP contribution in [0.5, 0.6) is 0 Å². The lowest BCUT2D eigenvalue weighted by Gasteiger charge is -2.27. The number of benzene rings is 2. The summed E-state index contributed by atoms with van der Waals surface area (Å²) in [6, 6.07) is 13.0. The van der Waals surface area contributed by atoms with Gasteiger partial charge in [-0.1, -0.05) is 35.3 Å². The summed E-state index contributed by atoms with van der Waals surface area (Å²) < 4.78 is 1.92. The lowest BCUT2D eigenvalue weighted by Crippen LogP contribution is -2.41. The van der Waals surface area contributed by atoms with Crippen molar-refractivity contribution >= 4 is 45.8 Å². The number of amides is 1. The van der Waals surface area contributed by atoms with Gasteiger partial charge in [0.05, 0.1) is 0 Å². The monoisotopic (exact) mass is 457 g/mol. The van der Waals surface area contributed by atoms with Crippen molar-refractivity contribution in [3.05, 3.63) is 69.3 Å². The Balaban J connectivity index is 1.73. The van der Waals surface area contributed by atoms with Crippen LogP contribution in [-0.4, -0.2) is 28.4 Å². The van der Waals surface area contributed by atoms with Crippen LogP contribution in [0, 0.1) is 5.41 Å². The smallest absolute Gasteiger partial charge is 0.268 e. The first-order valence-corrected chi connectivity index (χ1v) is 11.0. The zero-order valence-corrected chi connectivity index (χ0v) is 18.5. The molecule has 0 saturated heterocycles. The molecule has 0 aliphatic heterocycles. The van der Waals surface area contributed by atoms with Crippen molar-refractivity contribution in [2.75, 3.05) is 0 Å². The standard InChI is InChI=1S/C23H25Cl2N5O/c24-16-7-13(8-17(25)11-16)12-30-20-10-15(22(27)28)2-1-14(20)9-21(30)23(31)29-19-5-3-18(26)4-6-19/h1-2,7-11,18-19H,3-6,12,26H2,(H3,27,28)(H,29,31). The molecule has 1 aliphatic rings. The second-order valence-electron chi connectivity index (χ2n) is 8.17. The number of nitrogens with zero attached hydrogens (tertiary/aromatic N) is 1. The number of nitrogens with one attached hydrogen (secondary N) is 2. The summed E-state index contributed by atoms with van der Waals surface area (Å²) >= 11 is 12.4. The van der Waals surface area contributed by atoms with Crippen LogP contribution in [0.15, 0.2) is 42.5 Å². The molecule has 1 amide bonds. The number of carbonyl (C=O) groups excluding carboxylic acids is 1. The zero-order valence-electron chi connectivity index (χ0n) is 17.0. The van der Waals surface area contributed by atoms with Gasteiger partial charge in [0.25, 0.3) is 5.91 Å². The second kappa shape index (κ2) is 8.91. The van der Waals surface area contributed by atoms with Crippen LogP contribution in [-0.2, 0) is 6.54 Å². The number of nitrogen functional groups attached to an aromatic ring is 1. The molecule has 1 aliphatic carbocycles. The SMILES string of the molecule is N=C(N)c1ccc2cc(C(=O)NC3CCC(N)CC3)n(Cc3cc(Cl)cc(Cl)c3)c2c1. The largest absolute Gasteiger partial charge is 0.384 e. The topological polar surface area (TPSA) is 110 Å². The van der Waals surface area contributed by atoms with Crippen molar-refractivity contribution < 1.29 is 4.79 Å². The Hall–Kier alpha value is -2.54. The van der Waals surface area contributed by atoms with Crippen LogP contribution in [0.25, 0.3) is 10.9 Å². The van der Waals surface area contributed by atoms with Gasteiger partial charge in [-0.05, 0) is 61.6 Å². The Bertz CT molecular complexity index is 1130. The number of amidine groups is 1. The lowest BCUT2D eigenvalue weighted by molar-refractivity contribution is 0.0917. The molecule has 3 aromatic rings. The van der Waals surface area contributed by atoms with Crippen LogP contribution < -0.4 is 16.8 Å². The molecule has 6 nitrogen and oxygen atoms in total. The van der Waals surface area contributed by atoms with Crippen molar-refractivity contribution in [1.29, 1.82) is 5.41 Å². The number of carbonyl (C=O) groups is 1. The van der Waals surface area contributed by atoms with E-state index >= 15 is 0 Å². The normalized spacial score (nSPS) is 18.8. The molecule has 31 heavy (non-hydrogen) atoms. The Labute approximate surface area is 191 Å². The van der Waals surface area contributed by atoms with Crippen LogP contribution in [0.1, 0.15) is 47.3 Å². The molecule has 1 heterocycles. The lowest BCUT2D eigenvalue weighted by atomic mass is 9.92. The maximum atomic E-state index is 13.2. The van der Waals surface area contributed by atoms with E-state index in [0.29, 0.717) is 27.8 Å². The fraction of sp³-hybridized carbons (Fsp3) is 0.304. The van der Waals surface area contributed by atoms with Crippen molar-refractivity contribution in [3.63, 3.8) is 0 Å². The van der Waals surface area contributed by atoms with E-state index in [1.54, 1.807) is 12.1 Å². The van der Waals surface area contributed by atoms with E-state index in [9.17, 15) is 4.79 Å². The number of aromatic nitrogens is 1. The van der Waals surface area contributed by atoms with Gasteiger partial charge in [0.2, 0.25) is 0 Å². The number of nitrogens with two attached hydrogens (primary N) is 2. The third-order valence-electron chi connectivity index (χ3n) is 5.82. The Kier molecular flexibility index (Phi) is 6.23. The van der Waals surface area contributed by atoms with Gasteiger partial charge in [0.15, 0.2) is 0 Å². The summed E-state index contributed by atoms with van der Waals surface area (Å²) in [7, 11) is 0. The van der Waals surface area contributed by atoms with Crippen molar-refractivity contribution in [2.24, 2.45) is 11.5 Å². The predicted octanol–water partition coefficient (Wildman–Crippen LogP) is 4.28. The van der Waals surface area contributed by atoms with Gasteiger partial charge in [-0.2, -0.15) is 0 Å². The highest BCUT2D eigenvalue weighted by Gasteiger charge is 2.23. The van der Waals surface area contributed by atoms with E-state index in [4.69, 9.17) is 40.1 Å². The van der Waals surface area contributed by atoms with Gasteiger partial charge in [-0.25, -0.2) is 0 Å². The van der Waals surface area contributed by atoms with Crippen LogP contribution in [0.3, 0.4) is 0 Å². The van der Waals surface area contributed by atoms with Gasteiger partial charge in [-0.3, -0.25) is 10.2 Å². The molecule has 0 radical (unpaired) electrons. The summed E-state index contributed by atoms with van der Waals surface area (Å²) in [5, 5.41) is 12.9. The third kappa shape index (κ3) is 4.87. The molecule has 1 aromatic heterocycles.